The molecule has 0 aromatic heterocycles. The molecule has 106 valence electrons. The van der Waals surface area contributed by atoms with Crippen LogP contribution in [0.1, 0.15) is 25.5 Å². The smallest absolute Gasteiger partial charge is 0.128 e. The summed E-state index contributed by atoms with van der Waals surface area (Å²) in [6.45, 7) is 5.53. The monoisotopic (exact) mass is 270 g/mol. The van der Waals surface area contributed by atoms with Gasteiger partial charge in [0.15, 0.2) is 0 Å². The zero-order chi connectivity index (χ0) is 14.0. The molecule has 1 aromatic carbocycles. The molecule has 0 saturated carbocycles. The van der Waals surface area contributed by atoms with Gasteiger partial charge in [0.1, 0.15) is 11.6 Å². The predicted molar refractivity (Wildman–Crippen MR) is 69.7 cm³/mol. The minimum atomic E-state index is -0.441. The van der Waals surface area contributed by atoms with Gasteiger partial charge in [-0.3, -0.25) is 4.90 Å². The largest absolute Gasteiger partial charge is 0.373 e. The van der Waals surface area contributed by atoms with Crippen LogP contribution in [0.5, 0.6) is 0 Å². The number of benzene rings is 1. The SMILES string of the molecule is C[C@H]1CN([C@@H](CN)c2cc(F)ccc2F)C[C@H](C)O1. The molecule has 1 aliphatic heterocycles. The number of rotatable bonds is 3. The Labute approximate surface area is 112 Å². The molecular weight excluding hydrogens is 250 g/mol. The van der Waals surface area contributed by atoms with E-state index < -0.39 is 11.6 Å². The number of nitrogens with zero attached hydrogens (tertiary/aromatic N) is 1. The van der Waals surface area contributed by atoms with Crippen molar-refractivity contribution in [3.05, 3.63) is 35.4 Å². The minimum absolute atomic E-state index is 0.0643. The van der Waals surface area contributed by atoms with Crippen LogP contribution in [0, 0.1) is 11.6 Å². The van der Waals surface area contributed by atoms with Crippen molar-refractivity contribution < 1.29 is 13.5 Å². The second-order valence-corrected chi connectivity index (χ2v) is 5.13. The molecule has 1 fully saturated rings. The maximum absolute atomic E-state index is 13.9. The Morgan fingerprint density at radius 3 is 2.53 bits per heavy atom. The zero-order valence-electron chi connectivity index (χ0n) is 11.3. The highest BCUT2D eigenvalue weighted by Gasteiger charge is 2.29. The lowest BCUT2D eigenvalue weighted by atomic mass is 10.0. The molecule has 1 aromatic rings. The second-order valence-electron chi connectivity index (χ2n) is 5.13. The standard InChI is InChI=1S/C14H20F2N2O/c1-9-7-18(8-10(2)19-9)14(6-17)12-5-11(15)3-4-13(12)16/h3-5,9-10,14H,6-8,17H2,1-2H3/t9-,10-,14-/m0/s1. The molecule has 2 N–H and O–H groups in total. The van der Waals surface area contributed by atoms with Crippen LogP contribution in [-0.4, -0.2) is 36.7 Å². The number of morpholine rings is 1. The Hall–Kier alpha value is -1.04. The van der Waals surface area contributed by atoms with Crippen molar-refractivity contribution in [1.29, 1.82) is 0 Å². The maximum atomic E-state index is 13.9. The lowest BCUT2D eigenvalue weighted by Crippen LogP contribution is -2.48. The van der Waals surface area contributed by atoms with E-state index in [0.717, 1.165) is 12.1 Å². The molecular formula is C14H20F2N2O. The molecule has 0 radical (unpaired) electrons. The fraction of sp³-hybridized carbons (Fsp3) is 0.571. The highest BCUT2D eigenvalue weighted by atomic mass is 19.1. The third-order valence-corrected chi connectivity index (χ3v) is 3.43. The third-order valence-electron chi connectivity index (χ3n) is 3.43. The summed E-state index contributed by atoms with van der Waals surface area (Å²) in [4.78, 5) is 2.07. The summed E-state index contributed by atoms with van der Waals surface area (Å²) in [5, 5.41) is 0. The Morgan fingerprint density at radius 2 is 1.95 bits per heavy atom. The van der Waals surface area contributed by atoms with Gasteiger partial charge in [-0.15, -0.1) is 0 Å². The molecule has 1 aliphatic rings. The first-order valence-electron chi connectivity index (χ1n) is 6.55. The van der Waals surface area contributed by atoms with Crippen LogP contribution in [0.15, 0.2) is 18.2 Å². The molecule has 1 saturated heterocycles. The van der Waals surface area contributed by atoms with Crippen LogP contribution in [0.3, 0.4) is 0 Å². The van der Waals surface area contributed by atoms with Crippen molar-refractivity contribution in [2.24, 2.45) is 5.73 Å². The third kappa shape index (κ3) is 3.29. The quantitative estimate of drug-likeness (QED) is 0.914. The fourth-order valence-electron chi connectivity index (χ4n) is 2.71. The Bertz CT molecular complexity index is 431. The van der Waals surface area contributed by atoms with Crippen LogP contribution in [0.25, 0.3) is 0 Å². The lowest BCUT2D eigenvalue weighted by molar-refractivity contribution is -0.0802. The molecule has 3 atom stereocenters. The Morgan fingerprint density at radius 1 is 1.32 bits per heavy atom. The van der Waals surface area contributed by atoms with Crippen LogP contribution >= 0.6 is 0 Å². The maximum Gasteiger partial charge on any atom is 0.128 e. The van der Waals surface area contributed by atoms with E-state index in [1.54, 1.807) is 0 Å². The minimum Gasteiger partial charge on any atom is -0.373 e. The fourth-order valence-corrected chi connectivity index (χ4v) is 2.71. The molecule has 5 heteroatoms. The van der Waals surface area contributed by atoms with E-state index in [9.17, 15) is 8.78 Å². The first-order chi connectivity index (χ1) is 9.01. The lowest BCUT2D eigenvalue weighted by Gasteiger charge is -2.40. The van der Waals surface area contributed by atoms with Crippen molar-refractivity contribution in [3.63, 3.8) is 0 Å². The first kappa shape index (κ1) is 14.4. The number of ether oxygens (including phenoxy) is 1. The van der Waals surface area contributed by atoms with Crippen LogP contribution in [0.2, 0.25) is 0 Å². The molecule has 0 amide bonds. The van der Waals surface area contributed by atoms with Gasteiger partial charge >= 0.3 is 0 Å². The molecule has 0 aliphatic carbocycles. The van der Waals surface area contributed by atoms with Crippen molar-refractivity contribution >= 4 is 0 Å². The molecule has 0 bridgehead atoms. The Kier molecular flexibility index (Phi) is 4.50. The van der Waals surface area contributed by atoms with Crippen LogP contribution in [0.4, 0.5) is 8.78 Å². The van der Waals surface area contributed by atoms with E-state index in [0.29, 0.717) is 18.7 Å². The molecule has 1 heterocycles. The van der Waals surface area contributed by atoms with Gasteiger partial charge in [-0.1, -0.05) is 0 Å². The topological polar surface area (TPSA) is 38.5 Å². The number of nitrogens with two attached hydrogens (primary N) is 1. The van der Waals surface area contributed by atoms with E-state index in [4.69, 9.17) is 10.5 Å². The summed E-state index contributed by atoms with van der Waals surface area (Å²) < 4.78 is 32.8. The van der Waals surface area contributed by atoms with E-state index in [1.165, 1.54) is 6.07 Å². The van der Waals surface area contributed by atoms with Crippen molar-refractivity contribution in [3.8, 4) is 0 Å². The van der Waals surface area contributed by atoms with E-state index in [-0.39, 0.29) is 24.8 Å². The average molecular weight is 270 g/mol. The normalized spacial score (nSPS) is 26.4. The Balaban J connectivity index is 2.26. The van der Waals surface area contributed by atoms with Gasteiger partial charge < -0.3 is 10.5 Å². The van der Waals surface area contributed by atoms with Crippen molar-refractivity contribution in [1.82, 2.24) is 4.90 Å². The van der Waals surface area contributed by atoms with Gasteiger partial charge in [0.05, 0.1) is 18.2 Å². The van der Waals surface area contributed by atoms with E-state index in [2.05, 4.69) is 4.90 Å². The van der Waals surface area contributed by atoms with Crippen molar-refractivity contribution in [2.75, 3.05) is 19.6 Å². The van der Waals surface area contributed by atoms with E-state index in [1.807, 2.05) is 13.8 Å². The summed E-state index contributed by atoms with van der Waals surface area (Å²) >= 11 is 0. The molecule has 0 unspecified atom stereocenters. The van der Waals surface area contributed by atoms with Gasteiger partial charge in [-0.2, -0.15) is 0 Å². The van der Waals surface area contributed by atoms with Gasteiger partial charge in [0, 0.05) is 25.2 Å². The van der Waals surface area contributed by atoms with Gasteiger partial charge in [0.25, 0.3) is 0 Å². The summed E-state index contributed by atoms with van der Waals surface area (Å²) in [7, 11) is 0. The summed E-state index contributed by atoms with van der Waals surface area (Å²) in [6.07, 6.45) is 0.129. The highest BCUT2D eigenvalue weighted by Crippen LogP contribution is 2.26. The average Bonchev–Trinajstić information content (AvgIpc) is 2.33. The van der Waals surface area contributed by atoms with Gasteiger partial charge in [-0.05, 0) is 32.0 Å². The summed E-state index contributed by atoms with van der Waals surface area (Å²) in [6, 6.07) is 3.19. The van der Waals surface area contributed by atoms with Gasteiger partial charge in [0.2, 0.25) is 0 Å². The zero-order valence-corrected chi connectivity index (χ0v) is 11.3. The summed E-state index contributed by atoms with van der Waals surface area (Å²) in [5.41, 5.74) is 6.10. The molecule has 3 nitrogen and oxygen atoms in total. The second kappa shape index (κ2) is 5.94. The van der Waals surface area contributed by atoms with Crippen LogP contribution in [-0.2, 0) is 4.74 Å². The highest BCUT2D eigenvalue weighted by molar-refractivity contribution is 5.23. The number of hydrogen-bond donors (Lipinski definition) is 1. The first-order valence-corrected chi connectivity index (χ1v) is 6.55. The summed E-state index contributed by atoms with van der Waals surface area (Å²) in [5.74, 6) is -0.854. The molecule has 0 spiro atoms. The number of hydrogen-bond acceptors (Lipinski definition) is 3. The molecule has 2 rings (SSSR count). The molecule has 19 heavy (non-hydrogen) atoms. The van der Waals surface area contributed by atoms with Crippen LogP contribution < -0.4 is 5.73 Å². The van der Waals surface area contributed by atoms with Crippen molar-refractivity contribution in [2.45, 2.75) is 32.1 Å². The van der Waals surface area contributed by atoms with Gasteiger partial charge in [-0.25, -0.2) is 8.78 Å². The number of halogens is 2. The van der Waals surface area contributed by atoms with E-state index >= 15 is 0 Å². The predicted octanol–water partition coefficient (Wildman–Crippen LogP) is 2.07.